The van der Waals surface area contributed by atoms with Crippen molar-refractivity contribution in [2.45, 2.75) is 13.0 Å². The first kappa shape index (κ1) is 16.1. The van der Waals surface area contributed by atoms with Gasteiger partial charge in [0.1, 0.15) is 0 Å². The normalized spacial score (nSPS) is 10.4. The average Bonchev–Trinajstić information content (AvgIpc) is 2.61. The maximum atomic E-state index is 5.98. The maximum Gasteiger partial charge on any atom is 0.244 e. The molecule has 0 saturated carbocycles. The lowest BCUT2D eigenvalue weighted by Crippen LogP contribution is -2.10. The van der Waals surface area contributed by atoms with E-state index in [9.17, 15) is 0 Å². The molecule has 6 nitrogen and oxygen atoms in total. The first-order valence-corrected chi connectivity index (χ1v) is 7.98. The van der Waals surface area contributed by atoms with Gasteiger partial charge in [-0.25, -0.2) is 0 Å². The zero-order valence-corrected chi connectivity index (χ0v) is 13.7. The van der Waals surface area contributed by atoms with Gasteiger partial charge < -0.3 is 10.6 Å². The van der Waals surface area contributed by atoms with Gasteiger partial charge >= 0.3 is 0 Å². The van der Waals surface area contributed by atoms with Crippen molar-refractivity contribution in [3.63, 3.8) is 0 Å². The monoisotopic (exact) mass is 340 g/mol. The highest BCUT2D eigenvalue weighted by Crippen LogP contribution is 2.11. The van der Waals surface area contributed by atoms with Crippen LogP contribution >= 0.6 is 11.6 Å². The molecule has 0 spiro atoms. The smallest absolute Gasteiger partial charge is 0.244 e. The topological polar surface area (TPSA) is 75.6 Å². The van der Waals surface area contributed by atoms with Gasteiger partial charge in [0.15, 0.2) is 5.82 Å². The van der Waals surface area contributed by atoms with Gasteiger partial charge in [-0.15, -0.1) is 5.10 Å². The summed E-state index contributed by atoms with van der Waals surface area (Å²) in [5.41, 5.74) is 2.23. The minimum atomic E-state index is 0.478. The van der Waals surface area contributed by atoms with Gasteiger partial charge in [-0.1, -0.05) is 29.8 Å². The molecule has 24 heavy (non-hydrogen) atoms. The van der Waals surface area contributed by atoms with Crippen LogP contribution in [0.1, 0.15) is 11.1 Å². The first-order valence-electron chi connectivity index (χ1n) is 7.60. The molecule has 0 saturated heterocycles. The molecule has 0 amide bonds. The minimum Gasteiger partial charge on any atom is -0.368 e. The molecule has 122 valence electrons. The van der Waals surface area contributed by atoms with E-state index in [0.717, 1.165) is 23.6 Å². The number of hydrogen-bond acceptors (Lipinski definition) is 6. The Balaban J connectivity index is 1.51. The quantitative estimate of drug-likeness (QED) is 0.688. The van der Waals surface area contributed by atoms with Gasteiger partial charge in [0.2, 0.25) is 5.95 Å². The highest BCUT2D eigenvalue weighted by atomic mass is 35.5. The number of nitrogens with zero attached hydrogens (tertiary/aromatic N) is 4. The predicted molar refractivity (Wildman–Crippen MR) is 95.0 cm³/mol. The number of pyridine rings is 1. The van der Waals surface area contributed by atoms with E-state index in [-0.39, 0.29) is 0 Å². The van der Waals surface area contributed by atoms with Crippen LogP contribution in [0.2, 0.25) is 5.02 Å². The lowest BCUT2D eigenvalue weighted by atomic mass is 10.1. The highest BCUT2D eigenvalue weighted by Gasteiger charge is 2.01. The molecule has 0 atom stereocenters. The van der Waals surface area contributed by atoms with Crippen molar-refractivity contribution in [2.75, 3.05) is 17.2 Å². The van der Waals surface area contributed by atoms with Gasteiger partial charge in [-0.3, -0.25) is 4.98 Å². The molecule has 0 fully saturated rings. The molecule has 7 heteroatoms. The predicted octanol–water partition coefficient (Wildman–Crippen LogP) is 3.19. The number of hydrogen-bond donors (Lipinski definition) is 2. The molecule has 3 rings (SSSR count). The molecule has 0 unspecified atom stereocenters. The summed E-state index contributed by atoms with van der Waals surface area (Å²) in [6.07, 6.45) is 6.00. The van der Waals surface area contributed by atoms with E-state index in [1.54, 1.807) is 18.6 Å². The third-order valence-corrected chi connectivity index (χ3v) is 3.58. The Labute approximate surface area is 145 Å². The fourth-order valence-corrected chi connectivity index (χ4v) is 2.39. The summed E-state index contributed by atoms with van der Waals surface area (Å²) in [5, 5.41) is 15.1. The summed E-state index contributed by atoms with van der Waals surface area (Å²) < 4.78 is 0. The number of anilines is 2. The summed E-state index contributed by atoms with van der Waals surface area (Å²) in [6.45, 7) is 1.34. The standard InChI is InChI=1S/C17H17ClN6/c18-15-5-1-3-13(9-15)6-8-20-16-12-22-24-17(23-16)21-11-14-4-2-7-19-10-14/h1-5,7,9-10,12H,6,8,11H2,(H2,20,21,23,24). The molecule has 0 aliphatic rings. The largest absolute Gasteiger partial charge is 0.368 e. The third-order valence-electron chi connectivity index (χ3n) is 3.34. The Morgan fingerprint density at radius 1 is 1.00 bits per heavy atom. The summed E-state index contributed by atoms with van der Waals surface area (Å²) >= 11 is 5.98. The molecule has 0 bridgehead atoms. The van der Waals surface area contributed by atoms with Gasteiger partial charge in [0, 0.05) is 30.5 Å². The van der Waals surface area contributed by atoms with Gasteiger partial charge in [-0.2, -0.15) is 10.1 Å². The molecule has 2 aromatic heterocycles. The zero-order chi connectivity index (χ0) is 16.6. The van der Waals surface area contributed by atoms with Crippen LogP contribution in [0, 0.1) is 0 Å². The Morgan fingerprint density at radius 3 is 2.75 bits per heavy atom. The van der Waals surface area contributed by atoms with Crippen LogP contribution < -0.4 is 10.6 Å². The molecule has 3 aromatic rings. The van der Waals surface area contributed by atoms with Crippen molar-refractivity contribution in [3.8, 4) is 0 Å². The van der Waals surface area contributed by atoms with E-state index in [0.29, 0.717) is 18.3 Å². The molecule has 0 aliphatic carbocycles. The van der Waals surface area contributed by atoms with Crippen LogP contribution in [0.4, 0.5) is 11.8 Å². The van der Waals surface area contributed by atoms with E-state index >= 15 is 0 Å². The van der Waals surface area contributed by atoms with E-state index in [1.807, 2.05) is 36.4 Å². The van der Waals surface area contributed by atoms with Crippen LogP contribution in [0.25, 0.3) is 0 Å². The van der Waals surface area contributed by atoms with Gasteiger partial charge in [0.25, 0.3) is 0 Å². The average molecular weight is 341 g/mol. The molecular formula is C17H17ClN6. The number of halogens is 1. The van der Waals surface area contributed by atoms with Crippen LogP contribution in [0.15, 0.2) is 55.0 Å². The second-order valence-corrected chi connectivity index (χ2v) is 5.62. The van der Waals surface area contributed by atoms with Crippen molar-refractivity contribution >= 4 is 23.4 Å². The second kappa shape index (κ2) is 8.21. The van der Waals surface area contributed by atoms with E-state index in [2.05, 4.69) is 30.8 Å². The summed E-state index contributed by atoms with van der Waals surface area (Å²) in [5.74, 6) is 1.16. The number of rotatable bonds is 7. The molecule has 0 aliphatic heterocycles. The fourth-order valence-electron chi connectivity index (χ4n) is 2.17. The summed E-state index contributed by atoms with van der Waals surface area (Å²) in [7, 11) is 0. The lowest BCUT2D eigenvalue weighted by Gasteiger charge is -2.08. The van der Waals surface area contributed by atoms with Crippen LogP contribution in [0.3, 0.4) is 0 Å². The molecule has 0 radical (unpaired) electrons. The molecule has 1 aromatic carbocycles. The Morgan fingerprint density at radius 2 is 1.92 bits per heavy atom. The third kappa shape index (κ3) is 4.89. The van der Waals surface area contributed by atoms with E-state index < -0.39 is 0 Å². The van der Waals surface area contributed by atoms with Crippen molar-refractivity contribution < 1.29 is 0 Å². The lowest BCUT2D eigenvalue weighted by molar-refractivity contribution is 0.927. The molecule has 2 heterocycles. The summed E-state index contributed by atoms with van der Waals surface area (Å²) in [6, 6.07) is 11.7. The second-order valence-electron chi connectivity index (χ2n) is 5.19. The SMILES string of the molecule is Clc1cccc(CCNc2cnnc(NCc3cccnc3)n2)c1. The maximum absolute atomic E-state index is 5.98. The molecular weight excluding hydrogens is 324 g/mol. The Hall–Kier alpha value is -2.73. The van der Waals surface area contributed by atoms with Crippen molar-refractivity contribution in [3.05, 3.63) is 71.1 Å². The first-order chi connectivity index (χ1) is 11.8. The van der Waals surface area contributed by atoms with Crippen LogP contribution in [-0.2, 0) is 13.0 Å². The van der Waals surface area contributed by atoms with E-state index in [4.69, 9.17) is 11.6 Å². The van der Waals surface area contributed by atoms with E-state index in [1.165, 1.54) is 5.56 Å². The van der Waals surface area contributed by atoms with Gasteiger partial charge in [0.05, 0.1) is 6.20 Å². The zero-order valence-electron chi connectivity index (χ0n) is 13.0. The van der Waals surface area contributed by atoms with Crippen molar-refractivity contribution in [1.29, 1.82) is 0 Å². The minimum absolute atomic E-state index is 0.478. The fraction of sp³-hybridized carbons (Fsp3) is 0.176. The van der Waals surface area contributed by atoms with Crippen LogP contribution in [-0.4, -0.2) is 26.7 Å². The number of aromatic nitrogens is 4. The molecule has 2 N–H and O–H groups in total. The highest BCUT2D eigenvalue weighted by molar-refractivity contribution is 6.30. The van der Waals surface area contributed by atoms with Crippen molar-refractivity contribution in [2.24, 2.45) is 0 Å². The number of benzene rings is 1. The Kier molecular flexibility index (Phi) is 5.52. The number of nitrogens with one attached hydrogen (secondary N) is 2. The van der Waals surface area contributed by atoms with Gasteiger partial charge in [-0.05, 0) is 35.7 Å². The van der Waals surface area contributed by atoms with Crippen molar-refractivity contribution in [1.82, 2.24) is 20.2 Å². The summed E-state index contributed by atoms with van der Waals surface area (Å²) in [4.78, 5) is 8.47. The van der Waals surface area contributed by atoms with Crippen LogP contribution in [0.5, 0.6) is 0 Å². The Bertz CT molecular complexity index is 781.